The normalized spacial score (nSPS) is 17.9. The summed E-state index contributed by atoms with van der Waals surface area (Å²) >= 11 is 0. The Kier molecular flexibility index (Phi) is 6.93. The van der Waals surface area contributed by atoms with Crippen LogP contribution in [-0.4, -0.2) is 46.3 Å². The number of nitrogens with zero attached hydrogens (tertiary/aromatic N) is 3. The second-order valence-electron chi connectivity index (χ2n) is 8.44. The zero-order chi connectivity index (χ0) is 23.1. The van der Waals surface area contributed by atoms with Crippen LogP contribution in [0.5, 0.6) is 0 Å². The molecule has 1 atom stereocenters. The topological polar surface area (TPSA) is 75.2 Å². The van der Waals surface area contributed by atoms with E-state index in [0.717, 1.165) is 23.1 Å². The highest BCUT2D eigenvalue weighted by Crippen LogP contribution is 2.35. The lowest BCUT2D eigenvalue weighted by Gasteiger charge is -2.41. The predicted octanol–water partition coefficient (Wildman–Crippen LogP) is 3.91. The zero-order valence-corrected chi connectivity index (χ0v) is 18.6. The molecule has 1 fully saturated rings. The van der Waals surface area contributed by atoms with Crippen LogP contribution >= 0.6 is 0 Å². The first-order valence-electron chi connectivity index (χ1n) is 11.2. The van der Waals surface area contributed by atoms with Crippen LogP contribution in [0.4, 0.5) is 0 Å². The van der Waals surface area contributed by atoms with Crippen LogP contribution < -0.4 is 5.32 Å². The first-order chi connectivity index (χ1) is 16.1. The highest BCUT2D eigenvalue weighted by molar-refractivity contribution is 5.93. The van der Waals surface area contributed by atoms with Crippen LogP contribution in [0.15, 0.2) is 85.8 Å². The third-order valence-electron chi connectivity index (χ3n) is 6.14. The van der Waals surface area contributed by atoms with Gasteiger partial charge in [0.2, 0.25) is 5.91 Å². The number of amides is 2. The lowest BCUT2D eigenvalue weighted by Crippen LogP contribution is -2.54. The molecule has 1 unspecified atom stereocenters. The number of benzene rings is 2. The van der Waals surface area contributed by atoms with Gasteiger partial charge in [-0.3, -0.25) is 14.6 Å². The summed E-state index contributed by atoms with van der Waals surface area (Å²) in [5, 5.41) is 2.98. The molecular formula is C27H28N4O2. The molecule has 1 aliphatic rings. The van der Waals surface area contributed by atoms with Crippen LogP contribution in [0.2, 0.25) is 0 Å². The summed E-state index contributed by atoms with van der Waals surface area (Å²) in [6.45, 7) is 5.04. The minimum Gasteiger partial charge on any atom is -0.352 e. The van der Waals surface area contributed by atoms with Crippen molar-refractivity contribution in [2.75, 3.05) is 19.6 Å². The minimum atomic E-state index is -0.715. The Labute approximate surface area is 194 Å². The monoisotopic (exact) mass is 440 g/mol. The second-order valence-corrected chi connectivity index (χ2v) is 8.44. The van der Waals surface area contributed by atoms with Crippen LogP contribution in [-0.2, 0) is 11.2 Å². The van der Waals surface area contributed by atoms with Crippen molar-refractivity contribution >= 4 is 11.8 Å². The maximum Gasteiger partial charge on any atom is 0.274 e. The fraction of sp³-hybridized carbons (Fsp3) is 0.259. The highest BCUT2D eigenvalue weighted by Gasteiger charge is 2.43. The van der Waals surface area contributed by atoms with Crippen molar-refractivity contribution in [3.8, 4) is 11.1 Å². The van der Waals surface area contributed by atoms with Gasteiger partial charge in [0, 0.05) is 32.0 Å². The Morgan fingerprint density at radius 2 is 1.82 bits per heavy atom. The van der Waals surface area contributed by atoms with Crippen LogP contribution in [0, 0.1) is 5.41 Å². The van der Waals surface area contributed by atoms with Crippen LogP contribution in [0.1, 0.15) is 28.9 Å². The van der Waals surface area contributed by atoms with Crippen molar-refractivity contribution in [3.05, 3.63) is 97.1 Å². The molecule has 4 rings (SSSR count). The molecule has 1 N–H and O–H groups in total. The number of aromatic nitrogens is 2. The van der Waals surface area contributed by atoms with E-state index in [-0.39, 0.29) is 11.8 Å². The molecule has 6 heteroatoms. The third kappa shape index (κ3) is 5.17. The van der Waals surface area contributed by atoms with Gasteiger partial charge in [-0.25, -0.2) is 4.98 Å². The minimum absolute atomic E-state index is 0.0498. The summed E-state index contributed by atoms with van der Waals surface area (Å²) < 4.78 is 0. The first-order valence-corrected chi connectivity index (χ1v) is 11.2. The third-order valence-corrected chi connectivity index (χ3v) is 6.14. The molecule has 2 amide bonds. The molecule has 1 saturated heterocycles. The Morgan fingerprint density at radius 3 is 2.52 bits per heavy atom. The number of hydrogen-bond donors (Lipinski definition) is 1. The van der Waals surface area contributed by atoms with Crippen molar-refractivity contribution in [1.82, 2.24) is 20.2 Å². The van der Waals surface area contributed by atoms with Crippen molar-refractivity contribution in [2.45, 2.75) is 19.3 Å². The molecule has 33 heavy (non-hydrogen) atoms. The summed E-state index contributed by atoms with van der Waals surface area (Å²) in [5.74, 6) is -0.241. The van der Waals surface area contributed by atoms with Crippen molar-refractivity contribution < 1.29 is 9.59 Å². The SMILES string of the molecule is C=CCNC(=O)C1(Cc2ccc(-c3ccccc3)cc2)CCCN(C(=O)c2cnccn2)C1. The number of piperidine rings is 1. The highest BCUT2D eigenvalue weighted by atomic mass is 16.2. The lowest BCUT2D eigenvalue weighted by atomic mass is 9.74. The second kappa shape index (κ2) is 10.2. The Hall–Kier alpha value is -3.80. The molecule has 2 heterocycles. The average molecular weight is 441 g/mol. The van der Waals surface area contributed by atoms with Gasteiger partial charge >= 0.3 is 0 Å². The van der Waals surface area contributed by atoms with E-state index in [0.29, 0.717) is 38.2 Å². The maximum atomic E-state index is 13.4. The Bertz CT molecular complexity index is 1100. The largest absolute Gasteiger partial charge is 0.352 e. The molecule has 1 aromatic heterocycles. The number of hydrogen-bond acceptors (Lipinski definition) is 4. The molecule has 6 nitrogen and oxygen atoms in total. The molecule has 0 saturated carbocycles. The molecule has 168 valence electrons. The number of nitrogens with one attached hydrogen (secondary N) is 1. The molecule has 3 aromatic rings. The fourth-order valence-corrected chi connectivity index (χ4v) is 4.48. The van der Waals surface area contributed by atoms with Crippen molar-refractivity contribution in [3.63, 3.8) is 0 Å². The maximum absolute atomic E-state index is 13.4. The predicted molar refractivity (Wildman–Crippen MR) is 128 cm³/mol. The zero-order valence-electron chi connectivity index (χ0n) is 18.6. The van der Waals surface area contributed by atoms with E-state index >= 15 is 0 Å². The molecule has 0 spiro atoms. The summed E-state index contributed by atoms with van der Waals surface area (Å²) in [7, 11) is 0. The van der Waals surface area contributed by atoms with E-state index in [9.17, 15) is 9.59 Å². The number of likely N-dealkylation sites (tertiary alicyclic amines) is 1. The van der Waals surface area contributed by atoms with E-state index in [2.05, 4.69) is 58.3 Å². The van der Waals surface area contributed by atoms with Crippen molar-refractivity contribution in [2.24, 2.45) is 5.41 Å². The van der Waals surface area contributed by atoms with Gasteiger partial charge in [-0.15, -0.1) is 6.58 Å². The van der Waals surface area contributed by atoms with Gasteiger partial charge in [0.05, 0.1) is 11.6 Å². The van der Waals surface area contributed by atoms with Crippen LogP contribution in [0.25, 0.3) is 11.1 Å². The van der Waals surface area contributed by atoms with Gasteiger partial charge in [-0.1, -0.05) is 60.7 Å². The van der Waals surface area contributed by atoms with Gasteiger partial charge in [0.15, 0.2) is 0 Å². The van der Waals surface area contributed by atoms with E-state index in [1.165, 1.54) is 12.4 Å². The molecule has 0 radical (unpaired) electrons. The van der Waals surface area contributed by atoms with Crippen molar-refractivity contribution in [1.29, 1.82) is 0 Å². The number of carbonyl (C=O) groups excluding carboxylic acids is 2. The summed E-state index contributed by atoms with van der Waals surface area (Å²) in [5.41, 5.74) is 2.94. The van der Waals surface area contributed by atoms with Gasteiger partial charge in [0.1, 0.15) is 5.69 Å². The standard InChI is InChI=1S/C27H28N4O2/c1-2-14-30-26(33)27(13-6-17-31(20-27)25(32)24-19-28-15-16-29-24)18-21-9-11-23(12-10-21)22-7-4-3-5-8-22/h2-5,7-12,15-16,19H,1,6,13-14,17-18,20H2,(H,30,33). The number of rotatable bonds is 7. The van der Waals surface area contributed by atoms with E-state index < -0.39 is 5.41 Å². The number of carbonyl (C=O) groups is 2. The molecule has 2 aromatic carbocycles. The van der Waals surface area contributed by atoms with Gasteiger partial charge < -0.3 is 10.2 Å². The van der Waals surface area contributed by atoms with Gasteiger partial charge in [-0.2, -0.15) is 0 Å². The van der Waals surface area contributed by atoms with Gasteiger partial charge in [0.25, 0.3) is 5.91 Å². The first kappa shape index (κ1) is 22.4. The van der Waals surface area contributed by atoms with E-state index in [1.54, 1.807) is 17.2 Å². The average Bonchev–Trinajstić information content (AvgIpc) is 2.88. The van der Waals surface area contributed by atoms with Crippen LogP contribution in [0.3, 0.4) is 0 Å². The molecule has 0 aliphatic carbocycles. The van der Waals surface area contributed by atoms with E-state index in [1.807, 2.05) is 18.2 Å². The summed E-state index contributed by atoms with van der Waals surface area (Å²) in [4.78, 5) is 36.3. The fourth-order valence-electron chi connectivity index (χ4n) is 4.48. The quantitative estimate of drug-likeness (QED) is 0.565. The lowest BCUT2D eigenvalue weighted by molar-refractivity contribution is -0.133. The Balaban J connectivity index is 1.58. The Morgan fingerprint density at radius 1 is 1.06 bits per heavy atom. The molecular weight excluding hydrogens is 412 g/mol. The molecule has 1 aliphatic heterocycles. The summed E-state index contributed by atoms with van der Waals surface area (Å²) in [6, 6.07) is 18.5. The van der Waals surface area contributed by atoms with E-state index in [4.69, 9.17) is 0 Å². The molecule has 0 bridgehead atoms. The smallest absolute Gasteiger partial charge is 0.274 e. The van der Waals surface area contributed by atoms with Gasteiger partial charge in [-0.05, 0) is 36.0 Å². The summed E-state index contributed by atoms with van der Waals surface area (Å²) in [6.07, 6.45) is 8.20.